The Labute approximate surface area is 77.1 Å². The van der Waals surface area contributed by atoms with Crippen LogP contribution in [-0.2, 0) is 19.0 Å². The molecule has 0 aromatic heterocycles. The molecule has 0 unspecified atom stereocenters. The fourth-order valence-electron chi connectivity index (χ4n) is 1.71. The standard InChI is InChI=1S/C9H14O4/c1-6(2)3-9-8(10)13-7(4-11-9)5-12-9/h6-7H,3-5H2,1-2H3. The van der Waals surface area contributed by atoms with Crippen molar-refractivity contribution in [3.63, 3.8) is 0 Å². The van der Waals surface area contributed by atoms with E-state index < -0.39 is 5.79 Å². The number of hydrogen-bond acceptors (Lipinski definition) is 4. The fourth-order valence-corrected chi connectivity index (χ4v) is 1.71. The molecule has 0 aromatic rings. The summed E-state index contributed by atoms with van der Waals surface area (Å²) in [6.45, 7) is 4.99. The molecule has 3 heterocycles. The highest BCUT2D eigenvalue weighted by Crippen LogP contribution is 2.33. The molecule has 2 bridgehead atoms. The van der Waals surface area contributed by atoms with Crippen molar-refractivity contribution in [1.82, 2.24) is 0 Å². The lowest BCUT2D eigenvalue weighted by Gasteiger charge is -2.44. The molecule has 3 rings (SSSR count). The zero-order chi connectivity index (χ0) is 9.47. The maximum absolute atomic E-state index is 11.4. The average molecular weight is 186 g/mol. The van der Waals surface area contributed by atoms with Crippen LogP contribution >= 0.6 is 0 Å². The van der Waals surface area contributed by atoms with Gasteiger partial charge in [-0.3, -0.25) is 0 Å². The molecule has 3 saturated heterocycles. The molecule has 0 saturated carbocycles. The van der Waals surface area contributed by atoms with E-state index in [2.05, 4.69) is 0 Å². The van der Waals surface area contributed by atoms with Crippen molar-refractivity contribution in [2.75, 3.05) is 13.2 Å². The van der Waals surface area contributed by atoms with Crippen molar-refractivity contribution >= 4 is 5.97 Å². The molecule has 0 N–H and O–H groups in total. The van der Waals surface area contributed by atoms with Crippen LogP contribution in [0.2, 0.25) is 0 Å². The summed E-state index contributed by atoms with van der Waals surface area (Å²) in [7, 11) is 0. The van der Waals surface area contributed by atoms with Crippen molar-refractivity contribution in [2.45, 2.75) is 32.2 Å². The van der Waals surface area contributed by atoms with E-state index in [-0.39, 0.29) is 12.1 Å². The van der Waals surface area contributed by atoms with E-state index in [0.29, 0.717) is 25.6 Å². The molecule has 3 aliphatic heterocycles. The lowest BCUT2D eigenvalue weighted by molar-refractivity contribution is -0.332. The van der Waals surface area contributed by atoms with Gasteiger partial charge in [0.25, 0.3) is 5.79 Å². The van der Waals surface area contributed by atoms with Gasteiger partial charge in [-0.05, 0) is 5.92 Å². The third-order valence-electron chi connectivity index (χ3n) is 2.27. The zero-order valence-electron chi connectivity index (χ0n) is 7.91. The minimum atomic E-state index is -1.09. The maximum Gasteiger partial charge on any atom is 0.367 e. The van der Waals surface area contributed by atoms with E-state index in [1.54, 1.807) is 0 Å². The monoisotopic (exact) mass is 186 g/mol. The Hall–Kier alpha value is -0.610. The molecule has 0 atom stereocenters. The Morgan fingerprint density at radius 2 is 2.08 bits per heavy atom. The predicted molar refractivity (Wildman–Crippen MR) is 44.0 cm³/mol. The predicted octanol–water partition coefficient (Wildman–Crippen LogP) is 0.701. The third-order valence-corrected chi connectivity index (χ3v) is 2.27. The van der Waals surface area contributed by atoms with Crippen molar-refractivity contribution in [1.29, 1.82) is 0 Å². The normalized spacial score (nSPS) is 38.1. The van der Waals surface area contributed by atoms with Gasteiger partial charge in [0.1, 0.15) is 6.10 Å². The summed E-state index contributed by atoms with van der Waals surface area (Å²) in [5.74, 6) is -1.10. The molecule has 13 heavy (non-hydrogen) atoms. The van der Waals surface area contributed by atoms with E-state index in [9.17, 15) is 4.79 Å². The topological polar surface area (TPSA) is 44.8 Å². The first-order valence-electron chi connectivity index (χ1n) is 4.61. The van der Waals surface area contributed by atoms with Gasteiger partial charge in [0.15, 0.2) is 0 Å². The van der Waals surface area contributed by atoms with Gasteiger partial charge in [-0.2, -0.15) is 0 Å². The molecule has 4 nitrogen and oxygen atoms in total. The molecule has 3 aliphatic rings. The fraction of sp³-hybridized carbons (Fsp3) is 0.889. The van der Waals surface area contributed by atoms with Gasteiger partial charge in [0, 0.05) is 6.42 Å². The Kier molecular flexibility index (Phi) is 2.04. The first-order chi connectivity index (χ1) is 6.12. The number of carbonyl (C=O) groups excluding carboxylic acids is 1. The molecular formula is C9H14O4. The van der Waals surface area contributed by atoms with E-state index in [4.69, 9.17) is 14.2 Å². The first-order valence-corrected chi connectivity index (χ1v) is 4.61. The average Bonchev–Trinajstić information content (AvgIpc) is 2.06. The maximum atomic E-state index is 11.4. The van der Waals surface area contributed by atoms with E-state index in [1.165, 1.54) is 0 Å². The van der Waals surface area contributed by atoms with Crippen molar-refractivity contribution in [3.8, 4) is 0 Å². The van der Waals surface area contributed by atoms with Crippen LogP contribution in [-0.4, -0.2) is 31.1 Å². The van der Waals surface area contributed by atoms with Crippen molar-refractivity contribution < 1.29 is 19.0 Å². The molecular weight excluding hydrogens is 172 g/mol. The number of fused-ring (bicyclic) bond motifs is 3. The molecule has 74 valence electrons. The van der Waals surface area contributed by atoms with Crippen LogP contribution in [0.15, 0.2) is 0 Å². The van der Waals surface area contributed by atoms with Crippen LogP contribution in [0.25, 0.3) is 0 Å². The highest BCUT2D eigenvalue weighted by Gasteiger charge is 2.52. The molecule has 0 radical (unpaired) electrons. The molecule has 0 spiro atoms. The Balaban J connectivity index is 2.13. The number of ether oxygens (including phenoxy) is 3. The van der Waals surface area contributed by atoms with Crippen LogP contribution < -0.4 is 0 Å². The molecule has 0 amide bonds. The van der Waals surface area contributed by atoms with Crippen LogP contribution in [0.5, 0.6) is 0 Å². The van der Waals surface area contributed by atoms with Gasteiger partial charge in [-0.15, -0.1) is 0 Å². The van der Waals surface area contributed by atoms with Crippen LogP contribution in [0.4, 0.5) is 0 Å². The lowest BCUT2D eigenvalue weighted by atomic mass is 10.0. The summed E-state index contributed by atoms with van der Waals surface area (Å²) in [6.07, 6.45) is 0.375. The Bertz CT molecular complexity index is 216. The largest absolute Gasteiger partial charge is 0.453 e. The lowest BCUT2D eigenvalue weighted by Crippen LogP contribution is -2.60. The summed E-state index contributed by atoms with van der Waals surface area (Å²) in [6, 6.07) is 0. The van der Waals surface area contributed by atoms with Crippen molar-refractivity contribution in [3.05, 3.63) is 0 Å². The SMILES string of the molecule is CC(C)CC12OCC(CO1)OC2=O. The highest BCUT2D eigenvalue weighted by atomic mass is 16.8. The second-order valence-corrected chi connectivity index (χ2v) is 4.00. The van der Waals surface area contributed by atoms with Gasteiger partial charge < -0.3 is 14.2 Å². The number of carbonyl (C=O) groups is 1. The van der Waals surface area contributed by atoms with Gasteiger partial charge in [-0.25, -0.2) is 4.79 Å². The quantitative estimate of drug-likeness (QED) is 0.595. The molecule has 4 heteroatoms. The molecule has 3 fully saturated rings. The number of rotatable bonds is 2. The highest BCUT2D eigenvalue weighted by molar-refractivity contribution is 5.79. The van der Waals surface area contributed by atoms with Gasteiger partial charge in [-0.1, -0.05) is 13.8 Å². The summed E-state index contributed by atoms with van der Waals surface area (Å²) < 4.78 is 15.9. The minimum Gasteiger partial charge on any atom is -0.453 e. The zero-order valence-corrected chi connectivity index (χ0v) is 7.91. The Morgan fingerprint density at radius 3 is 2.54 bits per heavy atom. The second-order valence-electron chi connectivity index (χ2n) is 4.00. The van der Waals surface area contributed by atoms with E-state index in [0.717, 1.165) is 0 Å². The van der Waals surface area contributed by atoms with Crippen LogP contribution in [0, 0.1) is 5.92 Å². The van der Waals surface area contributed by atoms with E-state index in [1.807, 2.05) is 13.8 Å². The Morgan fingerprint density at radius 1 is 1.46 bits per heavy atom. The van der Waals surface area contributed by atoms with Crippen molar-refractivity contribution in [2.24, 2.45) is 5.92 Å². The summed E-state index contributed by atoms with van der Waals surface area (Å²) in [5, 5.41) is 0. The van der Waals surface area contributed by atoms with Gasteiger partial charge in [0.2, 0.25) is 0 Å². The number of hydrogen-bond donors (Lipinski definition) is 0. The summed E-state index contributed by atoms with van der Waals surface area (Å²) in [5.41, 5.74) is 0. The summed E-state index contributed by atoms with van der Waals surface area (Å²) in [4.78, 5) is 11.4. The second kappa shape index (κ2) is 2.96. The minimum absolute atomic E-state index is 0.193. The third kappa shape index (κ3) is 1.44. The smallest absolute Gasteiger partial charge is 0.367 e. The van der Waals surface area contributed by atoms with Crippen LogP contribution in [0.3, 0.4) is 0 Å². The first kappa shape index (κ1) is 8.97. The van der Waals surface area contributed by atoms with Gasteiger partial charge >= 0.3 is 5.97 Å². The number of esters is 1. The summed E-state index contributed by atoms with van der Waals surface area (Å²) >= 11 is 0. The molecule has 0 aromatic carbocycles. The van der Waals surface area contributed by atoms with Gasteiger partial charge in [0.05, 0.1) is 13.2 Å². The van der Waals surface area contributed by atoms with E-state index >= 15 is 0 Å². The molecule has 0 aliphatic carbocycles. The van der Waals surface area contributed by atoms with Crippen LogP contribution in [0.1, 0.15) is 20.3 Å².